The number of nitrogens with one attached hydrogen (secondary N) is 1. The number of rotatable bonds is 8. The quantitative estimate of drug-likeness (QED) is 0.559. The van der Waals surface area contributed by atoms with Gasteiger partial charge in [0, 0.05) is 17.6 Å². The van der Waals surface area contributed by atoms with E-state index in [0.29, 0.717) is 24.6 Å². The van der Waals surface area contributed by atoms with Crippen molar-refractivity contribution in [3.63, 3.8) is 0 Å². The summed E-state index contributed by atoms with van der Waals surface area (Å²) in [6.45, 7) is 2.42. The summed E-state index contributed by atoms with van der Waals surface area (Å²) in [6, 6.07) is 9.80. The zero-order chi connectivity index (χ0) is 19.1. The van der Waals surface area contributed by atoms with Crippen molar-refractivity contribution < 1.29 is 19.2 Å². The highest BCUT2D eigenvalue weighted by molar-refractivity contribution is 6.30. The molecule has 2 aromatic carbocycles. The number of amides is 1. The molecule has 0 aliphatic carbocycles. The molecule has 0 saturated heterocycles. The number of benzene rings is 2. The summed E-state index contributed by atoms with van der Waals surface area (Å²) in [5.74, 6) is -0.0723. The van der Waals surface area contributed by atoms with E-state index in [1.54, 1.807) is 19.1 Å². The number of nitrogens with zero attached hydrogens (tertiary/aromatic N) is 1. The normalized spacial score (nSPS) is 10.3. The Bertz CT molecular complexity index is 810. The Morgan fingerprint density at radius 1 is 1.27 bits per heavy atom. The highest BCUT2D eigenvalue weighted by Crippen LogP contribution is 2.34. The maximum absolute atomic E-state index is 12.4. The first-order valence-corrected chi connectivity index (χ1v) is 8.36. The van der Waals surface area contributed by atoms with Crippen LogP contribution in [0.2, 0.25) is 5.02 Å². The standard InChI is InChI=1S/C18H19ClN2O5/c1-3-26-17-10-14(15(21(23)24)11-16(17)25-2)18(22)20-8-7-12-5-4-6-13(19)9-12/h4-6,9-11H,3,7-8H2,1-2H3,(H,20,22). The molecule has 7 nitrogen and oxygen atoms in total. The van der Waals surface area contributed by atoms with Gasteiger partial charge in [-0.25, -0.2) is 0 Å². The van der Waals surface area contributed by atoms with Crippen molar-refractivity contribution >= 4 is 23.2 Å². The van der Waals surface area contributed by atoms with Gasteiger partial charge >= 0.3 is 0 Å². The molecule has 0 unspecified atom stereocenters. The van der Waals surface area contributed by atoms with Gasteiger partial charge in [0.15, 0.2) is 11.5 Å². The highest BCUT2D eigenvalue weighted by Gasteiger charge is 2.24. The van der Waals surface area contributed by atoms with Gasteiger partial charge < -0.3 is 14.8 Å². The lowest BCUT2D eigenvalue weighted by atomic mass is 10.1. The van der Waals surface area contributed by atoms with Gasteiger partial charge in [0.25, 0.3) is 11.6 Å². The number of ether oxygens (including phenoxy) is 2. The van der Waals surface area contributed by atoms with Gasteiger partial charge in [-0.2, -0.15) is 0 Å². The molecular weight excluding hydrogens is 360 g/mol. The lowest BCUT2D eigenvalue weighted by Gasteiger charge is -2.12. The van der Waals surface area contributed by atoms with Crippen LogP contribution in [0.1, 0.15) is 22.8 Å². The fourth-order valence-corrected chi connectivity index (χ4v) is 2.63. The second-order valence-corrected chi connectivity index (χ2v) is 5.78. The van der Waals surface area contributed by atoms with E-state index in [2.05, 4.69) is 5.32 Å². The summed E-state index contributed by atoms with van der Waals surface area (Å²) in [7, 11) is 1.38. The maximum atomic E-state index is 12.4. The second-order valence-electron chi connectivity index (χ2n) is 5.35. The van der Waals surface area contributed by atoms with Crippen LogP contribution in [0.4, 0.5) is 5.69 Å². The molecule has 0 atom stereocenters. The van der Waals surface area contributed by atoms with Crippen LogP contribution in [0, 0.1) is 10.1 Å². The molecule has 8 heteroatoms. The van der Waals surface area contributed by atoms with Crippen LogP contribution in [0.25, 0.3) is 0 Å². The Balaban J connectivity index is 2.18. The van der Waals surface area contributed by atoms with Crippen molar-refractivity contribution in [2.75, 3.05) is 20.3 Å². The zero-order valence-corrected chi connectivity index (χ0v) is 15.2. The molecule has 1 N–H and O–H groups in total. The summed E-state index contributed by atoms with van der Waals surface area (Å²) in [4.78, 5) is 23.1. The number of nitro groups is 1. The van der Waals surface area contributed by atoms with E-state index in [1.165, 1.54) is 19.2 Å². The largest absolute Gasteiger partial charge is 0.493 e. The highest BCUT2D eigenvalue weighted by atomic mass is 35.5. The first-order chi connectivity index (χ1) is 12.5. The number of carbonyl (C=O) groups is 1. The molecule has 26 heavy (non-hydrogen) atoms. The van der Waals surface area contributed by atoms with Gasteiger partial charge in [-0.1, -0.05) is 23.7 Å². The molecule has 0 spiro atoms. The number of nitro benzene ring substituents is 1. The summed E-state index contributed by atoms with van der Waals surface area (Å²) in [5.41, 5.74) is 0.535. The van der Waals surface area contributed by atoms with Crippen LogP contribution in [-0.4, -0.2) is 31.1 Å². The van der Waals surface area contributed by atoms with Crippen molar-refractivity contribution in [2.24, 2.45) is 0 Å². The smallest absolute Gasteiger partial charge is 0.286 e. The minimum atomic E-state index is -0.621. The first-order valence-electron chi connectivity index (χ1n) is 7.98. The molecule has 2 rings (SSSR count). The Kier molecular flexibility index (Phi) is 6.80. The Labute approximate surface area is 156 Å². The monoisotopic (exact) mass is 378 g/mol. The minimum absolute atomic E-state index is 0.0784. The third-order valence-electron chi connectivity index (χ3n) is 3.61. The number of methoxy groups -OCH3 is 1. The molecule has 0 radical (unpaired) electrons. The van der Waals surface area contributed by atoms with Crippen molar-refractivity contribution in [1.29, 1.82) is 0 Å². The number of hydrogen-bond donors (Lipinski definition) is 1. The molecule has 0 aliphatic rings. The molecule has 0 saturated carbocycles. The van der Waals surface area contributed by atoms with E-state index in [9.17, 15) is 14.9 Å². The van der Waals surface area contributed by atoms with Gasteiger partial charge in [-0.05, 0) is 31.0 Å². The number of hydrogen-bond acceptors (Lipinski definition) is 5. The second kappa shape index (κ2) is 9.05. The van der Waals surface area contributed by atoms with Crippen molar-refractivity contribution in [3.8, 4) is 11.5 Å². The van der Waals surface area contributed by atoms with E-state index >= 15 is 0 Å². The van der Waals surface area contributed by atoms with E-state index in [-0.39, 0.29) is 22.7 Å². The molecule has 0 fully saturated rings. The fraction of sp³-hybridized carbons (Fsp3) is 0.278. The Morgan fingerprint density at radius 2 is 2.04 bits per heavy atom. The summed E-state index contributed by atoms with van der Waals surface area (Å²) in [5, 5.41) is 14.6. The van der Waals surface area contributed by atoms with Crippen molar-refractivity contribution in [2.45, 2.75) is 13.3 Å². The summed E-state index contributed by atoms with van der Waals surface area (Å²) in [6.07, 6.45) is 0.550. The third-order valence-corrected chi connectivity index (χ3v) is 3.85. The van der Waals surface area contributed by atoms with Crippen LogP contribution in [0.15, 0.2) is 36.4 Å². The lowest BCUT2D eigenvalue weighted by Crippen LogP contribution is -2.26. The van der Waals surface area contributed by atoms with E-state index in [1.807, 2.05) is 12.1 Å². The Morgan fingerprint density at radius 3 is 2.65 bits per heavy atom. The number of halogens is 1. The van der Waals surface area contributed by atoms with Gasteiger partial charge in [0.2, 0.25) is 0 Å². The maximum Gasteiger partial charge on any atom is 0.286 e. The van der Waals surface area contributed by atoms with E-state index < -0.39 is 10.8 Å². The lowest BCUT2D eigenvalue weighted by molar-refractivity contribution is -0.385. The fourth-order valence-electron chi connectivity index (χ4n) is 2.42. The van der Waals surface area contributed by atoms with Crippen LogP contribution in [-0.2, 0) is 6.42 Å². The predicted octanol–water partition coefficient (Wildman–Crippen LogP) is 3.63. The van der Waals surface area contributed by atoms with E-state index in [4.69, 9.17) is 21.1 Å². The summed E-state index contributed by atoms with van der Waals surface area (Å²) < 4.78 is 10.5. The first kappa shape index (κ1) is 19.5. The van der Waals surface area contributed by atoms with Crippen LogP contribution in [0.3, 0.4) is 0 Å². The summed E-state index contributed by atoms with van der Waals surface area (Å²) >= 11 is 5.93. The predicted molar refractivity (Wildman–Crippen MR) is 98.3 cm³/mol. The van der Waals surface area contributed by atoms with Crippen molar-refractivity contribution in [1.82, 2.24) is 5.32 Å². The minimum Gasteiger partial charge on any atom is -0.493 e. The van der Waals surface area contributed by atoms with Crippen LogP contribution >= 0.6 is 11.6 Å². The van der Waals surface area contributed by atoms with Gasteiger partial charge in [-0.3, -0.25) is 14.9 Å². The van der Waals surface area contributed by atoms with Crippen molar-refractivity contribution in [3.05, 3.63) is 62.7 Å². The van der Waals surface area contributed by atoms with Gasteiger partial charge in [0.1, 0.15) is 5.56 Å². The molecule has 0 aliphatic heterocycles. The van der Waals surface area contributed by atoms with Gasteiger partial charge in [0.05, 0.1) is 24.7 Å². The van der Waals surface area contributed by atoms with Crippen LogP contribution < -0.4 is 14.8 Å². The molecule has 2 aromatic rings. The zero-order valence-electron chi connectivity index (χ0n) is 14.5. The average molecular weight is 379 g/mol. The molecule has 0 bridgehead atoms. The molecular formula is C18H19ClN2O5. The molecule has 138 valence electrons. The topological polar surface area (TPSA) is 90.7 Å². The molecule has 1 amide bonds. The number of carbonyl (C=O) groups excluding carboxylic acids is 1. The van der Waals surface area contributed by atoms with Gasteiger partial charge in [-0.15, -0.1) is 0 Å². The molecule has 0 heterocycles. The van der Waals surface area contributed by atoms with Crippen LogP contribution in [0.5, 0.6) is 11.5 Å². The SMILES string of the molecule is CCOc1cc(C(=O)NCCc2cccc(Cl)c2)c([N+](=O)[O-])cc1OC. The Hall–Kier alpha value is -2.80. The molecule has 0 aromatic heterocycles. The third kappa shape index (κ3) is 4.86. The van der Waals surface area contributed by atoms with E-state index in [0.717, 1.165) is 5.56 Å². The average Bonchev–Trinajstić information content (AvgIpc) is 2.61.